The Hall–Kier alpha value is -1.94. The summed E-state index contributed by atoms with van der Waals surface area (Å²) in [7, 11) is 1.75. The van der Waals surface area contributed by atoms with E-state index in [1.54, 1.807) is 31.0 Å². The molecule has 0 aromatic heterocycles. The van der Waals surface area contributed by atoms with Crippen molar-refractivity contribution in [2.45, 2.75) is 12.5 Å². The van der Waals surface area contributed by atoms with Crippen LogP contribution in [0.4, 0.5) is 0 Å². The molecule has 21 heavy (non-hydrogen) atoms. The predicted molar refractivity (Wildman–Crippen MR) is 85.7 cm³/mol. The Labute approximate surface area is 131 Å². The molecule has 4 heteroatoms. The number of nitrogens with zero attached hydrogens (tertiary/aromatic N) is 1. The van der Waals surface area contributed by atoms with E-state index in [0.29, 0.717) is 10.1 Å². The second-order valence-electron chi connectivity index (χ2n) is 5.27. The number of likely N-dealkylation sites (N-methyl/N-ethyl adjacent to an activating group) is 1. The van der Waals surface area contributed by atoms with Crippen LogP contribution in [0.1, 0.15) is 12.5 Å². The molecule has 1 aromatic rings. The molecule has 0 bridgehead atoms. The van der Waals surface area contributed by atoms with Gasteiger partial charge < -0.3 is 4.90 Å². The van der Waals surface area contributed by atoms with Gasteiger partial charge in [0.2, 0.25) is 0 Å². The second kappa shape index (κ2) is 4.81. The van der Waals surface area contributed by atoms with Crippen LogP contribution in [0.3, 0.4) is 0 Å². The van der Waals surface area contributed by atoms with Crippen LogP contribution in [0.25, 0.3) is 5.57 Å². The number of benzene rings is 1. The molecule has 1 aliphatic heterocycles. The first-order valence-corrected chi connectivity index (χ1v) is 7.43. The SMILES string of the molecule is CC1=CC2(C=CC1=O)C(c1ccccc1)=C(Br)C(=O)N2C. The van der Waals surface area contributed by atoms with Gasteiger partial charge in [-0.05, 0) is 52.2 Å². The molecule has 1 unspecified atom stereocenters. The Balaban J connectivity index is 2.27. The number of carbonyl (C=O) groups is 2. The van der Waals surface area contributed by atoms with E-state index < -0.39 is 5.54 Å². The van der Waals surface area contributed by atoms with Crippen molar-refractivity contribution in [1.82, 2.24) is 4.90 Å². The highest BCUT2D eigenvalue weighted by molar-refractivity contribution is 9.12. The van der Waals surface area contributed by atoms with Crippen molar-refractivity contribution in [3.63, 3.8) is 0 Å². The molecule has 2 aliphatic rings. The van der Waals surface area contributed by atoms with E-state index in [9.17, 15) is 9.59 Å². The maximum atomic E-state index is 12.4. The molecule has 1 aliphatic carbocycles. The fourth-order valence-electron chi connectivity index (χ4n) is 2.88. The summed E-state index contributed by atoms with van der Waals surface area (Å²) >= 11 is 3.43. The Kier molecular flexibility index (Phi) is 3.21. The van der Waals surface area contributed by atoms with Crippen LogP contribution in [0.5, 0.6) is 0 Å². The molecule has 0 fully saturated rings. The van der Waals surface area contributed by atoms with Gasteiger partial charge >= 0.3 is 0 Å². The smallest absolute Gasteiger partial charge is 0.262 e. The molecule has 1 heterocycles. The van der Waals surface area contributed by atoms with Crippen molar-refractivity contribution in [1.29, 1.82) is 0 Å². The Bertz CT molecular complexity index is 730. The lowest BCUT2D eigenvalue weighted by Crippen LogP contribution is -2.44. The minimum atomic E-state index is -0.699. The van der Waals surface area contributed by atoms with Crippen molar-refractivity contribution in [2.24, 2.45) is 0 Å². The van der Waals surface area contributed by atoms with Gasteiger partial charge in [-0.25, -0.2) is 0 Å². The third-order valence-corrected chi connectivity index (χ3v) is 4.78. The molecular formula is C17H14BrNO2. The monoisotopic (exact) mass is 343 g/mol. The zero-order chi connectivity index (χ0) is 15.2. The summed E-state index contributed by atoms with van der Waals surface area (Å²) in [5.74, 6) is -0.103. The van der Waals surface area contributed by atoms with Gasteiger partial charge in [-0.2, -0.15) is 0 Å². The lowest BCUT2D eigenvalue weighted by Gasteiger charge is -2.35. The molecule has 0 N–H and O–H groups in total. The minimum Gasteiger partial charge on any atom is -0.324 e. The Morgan fingerprint density at radius 1 is 1.14 bits per heavy atom. The lowest BCUT2D eigenvalue weighted by atomic mass is 9.81. The fraction of sp³-hybridized carbons (Fsp3) is 0.176. The minimum absolute atomic E-state index is 0.0168. The van der Waals surface area contributed by atoms with Crippen LogP contribution in [0.2, 0.25) is 0 Å². The topological polar surface area (TPSA) is 37.4 Å². The normalized spacial score (nSPS) is 25.1. The maximum Gasteiger partial charge on any atom is 0.262 e. The first-order valence-electron chi connectivity index (χ1n) is 6.64. The van der Waals surface area contributed by atoms with Gasteiger partial charge in [-0.1, -0.05) is 30.3 Å². The van der Waals surface area contributed by atoms with Gasteiger partial charge in [0.1, 0.15) is 5.54 Å². The van der Waals surface area contributed by atoms with Gasteiger partial charge in [0.05, 0.1) is 4.48 Å². The highest BCUT2D eigenvalue weighted by atomic mass is 79.9. The van der Waals surface area contributed by atoms with Crippen LogP contribution in [0.15, 0.2) is 58.6 Å². The molecule has 0 saturated carbocycles. The van der Waals surface area contributed by atoms with Crippen molar-refractivity contribution in [3.05, 3.63) is 64.2 Å². The van der Waals surface area contributed by atoms with E-state index in [1.807, 2.05) is 36.4 Å². The van der Waals surface area contributed by atoms with E-state index in [-0.39, 0.29) is 11.7 Å². The van der Waals surface area contributed by atoms with Crippen LogP contribution >= 0.6 is 15.9 Å². The Morgan fingerprint density at radius 3 is 2.43 bits per heavy atom. The number of allylic oxidation sites excluding steroid dienone is 2. The first kappa shape index (κ1) is 14.0. The van der Waals surface area contributed by atoms with Gasteiger partial charge in [0, 0.05) is 12.6 Å². The van der Waals surface area contributed by atoms with Crippen molar-refractivity contribution >= 4 is 33.2 Å². The zero-order valence-electron chi connectivity index (χ0n) is 11.8. The number of ketones is 1. The zero-order valence-corrected chi connectivity index (χ0v) is 13.3. The largest absolute Gasteiger partial charge is 0.324 e. The number of halogens is 1. The summed E-state index contributed by atoms with van der Waals surface area (Å²) in [6.45, 7) is 1.78. The van der Waals surface area contributed by atoms with Gasteiger partial charge in [0.15, 0.2) is 5.78 Å². The molecule has 3 nitrogen and oxygen atoms in total. The predicted octanol–water partition coefficient (Wildman–Crippen LogP) is 3.09. The molecule has 3 rings (SSSR count). The molecule has 1 aromatic carbocycles. The second-order valence-corrected chi connectivity index (χ2v) is 6.06. The van der Waals surface area contributed by atoms with Crippen LogP contribution in [-0.4, -0.2) is 29.2 Å². The van der Waals surface area contributed by atoms with E-state index in [2.05, 4.69) is 15.9 Å². The summed E-state index contributed by atoms with van der Waals surface area (Å²) in [5, 5.41) is 0. The number of amides is 1. The summed E-state index contributed by atoms with van der Waals surface area (Å²) in [6.07, 6.45) is 5.22. The third kappa shape index (κ3) is 1.94. The van der Waals surface area contributed by atoms with Crippen molar-refractivity contribution < 1.29 is 9.59 Å². The van der Waals surface area contributed by atoms with Crippen LogP contribution in [0, 0.1) is 0 Å². The number of hydrogen-bond acceptors (Lipinski definition) is 2. The number of rotatable bonds is 1. The fourth-order valence-corrected chi connectivity index (χ4v) is 3.69. The van der Waals surface area contributed by atoms with E-state index in [0.717, 1.165) is 11.1 Å². The van der Waals surface area contributed by atoms with Gasteiger partial charge in [-0.15, -0.1) is 0 Å². The summed E-state index contributed by atoms with van der Waals surface area (Å²) < 4.78 is 0.541. The molecule has 1 amide bonds. The highest BCUT2D eigenvalue weighted by Gasteiger charge is 2.47. The lowest BCUT2D eigenvalue weighted by molar-refractivity contribution is -0.125. The van der Waals surface area contributed by atoms with E-state index >= 15 is 0 Å². The quantitative estimate of drug-likeness (QED) is 0.785. The molecule has 1 spiro atoms. The number of hydrogen-bond donors (Lipinski definition) is 0. The molecule has 0 radical (unpaired) electrons. The summed E-state index contributed by atoms with van der Waals surface area (Å²) in [6, 6.07) is 9.75. The van der Waals surface area contributed by atoms with Crippen LogP contribution in [-0.2, 0) is 9.59 Å². The summed E-state index contributed by atoms with van der Waals surface area (Å²) in [4.78, 5) is 25.8. The average Bonchev–Trinajstić information content (AvgIpc) is 2.66. The standard InChI is InChI=1S/C17H14BrNO2/c1-11-10-17(9-8-13(11)20)14(12-6-4-3-5-7-12)15(18)16(21)19(17)2/h3-10H,1-2H3. The average molecular weight is 344 g/mol. The summed E-state index contributed by atoms with van der Waals surface area (Å²) in [5.41, 5.74) is 1.78. The van der Waals surface area contributed by atoms with E-state index in [4.69, 9.17) is 0 Å². The maximum absolute atomic E-state index is 12.4. The number of carbonyl (C=O) groups excluding carboxylic acids is 2. The van der Waals surface area contributed by atoms with Gasteiger partial charge in [-0.3, -0.25) is 9.59 Å². The molecule has 0 saturated heterocycles. The highest BCUT2D eigenvalue weighted by Crippen LogP contribution is 2.46. The van der Waals surface area contributed by atoms with Gasteiger partial charge in [0.25, 0.3) is 5.91 Å². The van der Waals surface area contributed by atoms with E-state index in [1.165, 1.54) is 0 Å². The van der Waals surface area contributed by atoms with Crippen molar-refractivity contribution in [3.8, 4) is 0 Å². The van der Waals surface area contributed by atoms with Crippen molar-refractivity contribution in [2.75, 3.05) is 7.05 Å². The Morgan fingerprint density at radius 2 is 1.81 bits per heavy atom. The molecular weight excluding hydrogens is 330 g/mol. The molecule has 106 valence electrons. The molecule has 1 atom stereocenters. The first-order chi connectivity index (χ1) is 9.97. The van der Waals surface area contributed by atoms with Crippen LogP contribution < -0.4 is 0 Å². The third-order valence-electron chi connectivity index (χ3n) is 4.04.